The summed E-state index contributed by atoms with van der Waals surface area (Å²) < 4.78 is 10.2. The third-order valence-corrected chi connectivity index (χ3v) is 1.28. The average Bonchev–Trinajstić information content (AvgIpc) is 2.03. The maximum Gasteiger partial charge on any atom is 0.332 e. The summed E-state index contributed by atoms with van der Waals surface area (Å²) in [6, 6.07) is 0. The van der Waals surface area contributed by atoms with E-state index in [1.165, 1.54) is 0 Å². The van der Waals surface area contributed by atoms with Crippen LogP contribution in [-0.4, -0.2) is 18.4 Å². The second-order valence-electron chi connectivity index (χ2n) is 2.95. The van der Waals surface area contributed by atoms with Crippen LogP contribution in [-0.2, 0) is 14.3 Å². The molecule has 0 aromatic rings. The lowest BCUT2D eigenvalue weighted by molar-refractivity contribution is -0.210. The molecule has 0 saturated carbocycles. The molecule has 0 fully saturated rings. The van der Waals surface area contributed by atoms with Crippen LogP contribution >= 0.6 is 0 Å². The van der Waals surface area contributed by atoms with E-state index in [-0.39, 0.29) is 0 Å². The molecule has 0 heterocycles. The number of hydrogen-bond donors (Lipinski definition) is 0. The van der Waals surface area contributed by atoms with Gasteiger partial charge < -0.3 is 9.47 Å². The van der Waals surface area contributed by atoms with Gasteiger partial charge in [0, 0.05) is 19.9 Å². The molecule has 0 spiro atoms. The lowest BCUT2D eigenvalue weighted by atomic mass is 10.3. The van der Waals surface area contributed by atoms with Crippen LogP contribution in [0, 0.1) is 0 Å². The average molecular weight is 184 g/mol. The molecule has 0 atom stereocenters. The molecular formula is C10H16O3. The van der Waals surface area contributed by atoms with E-state index in [0.717, 1.165) is 12.5 Å². The highest BCUT2D eigenvalue weighted by atomic mass is 16.7. The lowest BCUT2D eigenvalue weighted by Gasteiger charge is -2.24. The fourth-order valence-electron chi connectivity index (χ4n) is 0.701. The van der Waals surface area contributed by atoms with Crippen molar-refractivity contribution in [2.75, 3.05) is 6.61 Å². The molecule has 13 heavy (non-hydrogen) atoms. The van der Waals surface area contributed by atoms with Crippen LogP contribution in [0.15, 0.2) is 25.3 Å². The highest BCUT2D eigenvalue weighted by molar-refractivity contribution is 5.81. The first-order chi connectivity index (χ1) is 6.02. The Labute approximate surface area is 79.0 Å². The molecule has 0 aromatic heterocycles. The Kier molecular flexibility index (Phi) is 5.07. The molecule has 0 aliphatic carbocycles. The molecule has 3 nitrogen and oxygen atoms in total. The van der Waals surface area contributed by atoms with Crippen molar-refractivity contribution in [2.45, 2.75) is 26.1 Å². The summed E-state index contributed by atoms with van der Waals surface area (Å²) >= 11 is 0. The van der Waals surface area contributed by atoms with Gasteiger partial charge in [-0.1, -0.05) is 12.7 Å². The van der Waals surface area contributed by atoms with E-state index in [1.54, 1.807) is 19.9 Å². The summed E-state index contributed by atoms with van der Waals surface area (Å²) in [6.45, 7) is 10.7. The summed E-state index contributed by atoms with van der Waals surface area (Å²) in [5.74, 6) is -1.38. The Morgan fingerprint density at radius 2 is 2.08 bits per heavy atom. The molecule has 0 amide bonds. The van der Waals surface area contributed by atoms with Crippen LogP contribution in [0.2, 0.25) is 0 Å². The number of hydrogen-bond acceptors (Lipinski definition) is 3. The molecule has 0 saturated heterocycles. The van der Waals surface area contributed by atoms with Crippen LogP contribution in [0.1, 0.15) is 20.3 Å². The summed E-state index contributed by atoms with van der Waals surface area (Å²) in [5, 5.41) is 0. The van der Waals surface area contributed by atoms with Crippen molar-refractivity contribution in [1.29, 1.82) is 0 Å². The van der Waals surface area contributed by atoms with Gasteiger partial charge in [-0.3, -0.25) is 0 Å². The van der Waals surface area contributed by atoms with Gasteiger partial charge in [-0.15, -0.1) is 6.58 Å². The van der Waals surface area contributed by atoms with Gasteiger partial charge in [0.2, 0.25) is 5.79 Å². The van der Waals surface area contributed by atoms with E-state index >= 15 is 0 Å². The normalized spacial score (nSPS) is 10.6. The second-order valence-corrected chi connectivity index (χ2v) is 2.95. The molecule has 0 rings (SSSR count). The predicted molar refractivity (Wildman–Crippen MR) is 51.1 cm³/mol. The van der Waals surface area contributed by atoms with Crippen molar-refractivity contribution in [1.82, 2.24) is 0 Å². The summed E-state index contributed by atoms with van der Waals surface area (Å²) in [5.41, 5.74) is 0. The minimum atomic E-state index is -0.895. The standard InChI is InChI=1S/C10H16O3/c1-5-7-8-12-10(3,4)13-9(11)6-2/h5-6H,1-2,7-8H2,3-4H3. The van der Waals surface area contributed by atoms with E-state index in [1.807, 2.05) is 0 Å². The highest BCUT2D eigenvalue weighted by Gasteiger charge is 2.21. The van der Waals surface area contributed by atoms with E-state index in [2.05, 4.69) is 13.2 Å². The Balaban J connectivity index is 3.84. The zero-order valence-corrected chi connectivity index (χ0v) is 8.21. The third kappa shape index (κ3) is 6.11. The van der Waals surface area contributed by atoms with Gasteiger partial charge in [0.05, 0.1) is 6.61 Å². The van der Waals surface area contributed by atoms with Gasteiger partial charge in [0.15, 0.2) is 0 Å². The molecule has 0 unspecified atom stereocenters. The van der Waals surface area contributed by atoms with E-state index in [0.29, 0.717) is 6.61 Å². The van der Waals surface area contributed by atoms with Crippen molar-refractivity contribution < 1.29 is 14.3 Å². The summed E-state index contributed by atoms with van der Waals surface area (Å²) in [6.07, 6.45) is 3.58. The van der Waals surface area contributed by atoms with Gasteiger partial charge in [-0.25, -0.2) is 4.79 Å². The zero-order chi connectivity index (χ0) is 10.3. The number of esters is 1. The smallest absolute Gasteiger partial charge is 0.332 e. The first-order valence-corrected chi connectivity index (χ1v) is 4.12. The largest absolute Gasteiger partial charge is 0.431 e. The Morgan fingerprint density at radius 3 is 2.54 bits per heavy atom. The molecule has 0 N–H and O–H groups in total. The van der Waals surface area contributed by atoms with Crippen LogP contribution in [0.25, 0.3) is 0 Å². The maximum absolute atomic E-state index is 10.8. The number of rotatable bonds is 6. The van der Waals surface area contributed by atoms with Gasteiger partial charge in [-0.05, 0) is 6.42 Å². The summed E-state index contributed by atoms with van der Waals surface area (Å²) in [4.78, 5) is 10.8. The Morgan fingerprint density at radius 1 is 1.46 bits per heavy atom. The Bertz CT molecular complexity index is 194. The summed E-state index contributed by atoms with van der Waals surface area (Å²) in [7, 11) is 0. The van der Waals surface area contributed by atoms with Crippen molar-refractivity contribution >= 4 is 5.97 Å². The van der Waals surface area contributed by atoms with Crippen molar-refractivity contribution in [3.8, 4) is 0 Å². The molecule has 0 aromatic carbocycles. The predicted octanol–water partition coefficient (Wildman–Crippen LogP) is 2.04. The quantitative estimate of drug-likeness (QED) is 0.208. The maximum atomic E-state index is 10.8. The van der Waals surface area contributed by atoms with E-state index in [4.69, 9.17) is 9.47 Å². The first-order valence-electron chi connectivity index (χ1n) is 4.12. The van der Waals surface area contributed by atoms with Crippen LogP contribution in [0.4, 0.5) is 0 Å². The van der Waals surface area contributed by atoms with Crippen molar-refractivity contribution in [3.63, 3.8) is 0 Å². The molecule has 0 radical (unpaired) electrons. The molecule has 0 aliphatic rings. The Hall–Kier alpha value is -1.09. The van der Waals surface area contributed by atoms with Crippen LogP contribution < -0.4 is 0 Å². The number of carbonyl (C=O) groups is 1. The first kappa shape index (κ1) is 11.9. The van der Waals surface area contributed by atoms with Gasteiger partial charge in [0.1, 0.15) is 0 Å². The van der Waals surface area contributed by atoms with E-state index < -0.39 is 11.8 Å². The molecular weight excluding hydrogens is 168 g/mol. The highest BCUT2D eigenvalue weighted by Crippen LogP contribution is 2.11. The fourth-order valence-corrected chi connectivity index (χ4v) is 0.701. The minimum Gasteiger partial charge on any atom is -0.431 e. The lowest BCUT2D eigenvalue weighted by Crippen LogP contribution is -2.31. The molecule has 0 bridgehead atoms. The monoisotopic (exact) mass is 184 g/mol. The zero-order valence-electron chi connectivity index (χ0n) is 8.21. The number of carbonyl (C=O) groups excluding carboxylic acids is 1. The van der Waals surface area contributed by atoms with Crippen LogP contribution in [0.5, 0.6) is 0 Å². The SMILES string of the molecule is C=CCCOC(C)(C)OC(=O)C=C. The van der Waals surface area contributed by atoms with Gasteiger partial charge in [0.25, 0.3) is 0 Å². The van der Waals surface area contributed by atoms with Crippen molar-refractivity contribution in [2.24, 2.45) is 0 Å². The molecule has 3 heteroatoms. The fraction of sp³-hybridized carbons (Fsp3) is 0.500. The molecule has 0 aliphatic heterocycles. The topological polar surface area (TPSA) is 35.5 Å². The van der Waals surface area contributed by atoms with Crippen LogP contribution in [0.3, 0.4) is 0 Å². The minimum absolute atomic E-state index is 0.483. The molecule has 74 valence electrons. The van der Waals surface area contributed by atoms with E-state index in [9.17, 15) is 4.79 Å². The van der Waals surface area contributed by atoms with Crippen molar-refractivity contribution in [3.05, 3.63) is 25.3 Å². The van der Waals surface area contributed by atoms with Gasteiger partial charge >= 0.3 is 5.97 Å². The number of ether oxygens (including phenoxy) is 2. The third-order valence-electron chi connectivity index (χ3n) is 1.28. The second kappa shape index (κ2) is 5.54. The van der Waals surface area contributed by atoms with Gasteiger partial charge in [-0.2, -0.15) is 0 Å².